The lowest BCUT2D eigenvalue weighted by Crippen LogP contribution is -2.46. The largest absolute Gasteiger partial charge is 0.456 e. The third-order valence-corrected chi connectivity index (χ3v) is 8.32. The van der Waals surface area contributed by atoms with E-state index in [1.54, 1.807) is 0 Å². The number of aromatic nitrogens is 4. The number of hydrogen-bond acceptors (Lipinski definition) is 8. The standard InChI is InChI=1S/C32H50FN5O4/c1-3-5-6-7-8-9-10-11-12-13-14-15-16-17-18-19-20-21-26(40)42-28-25(22-41-32(28,4-2)23-39)38-24-35-27-29(34)36-31(33)37-30(27)38/h2,24-25,28,39H,3,5-23H2,1H3,(H2,34,36,37)/t25?,28-,32+/m0/s1. The Kier molecular flexibility index (Phi) is 14.5. The number of carbonyl (C=O) groups excluding carboxylic acids is 1. The molecular weight excluding hydrogens is 537 g/mol. The van der Waals surface area contributed by atoms with Crippen molar-refractivity contribution >= 4 is 23.0 Å². The summed E-state index contributed by atoms with van der Waals surface area (Å²) in [5.41, 5.74) is 4.61. The molecule has 2 aromatic heterocycles. The van der Waals surface area contributed by atoms with E-state index in [1.165, 1.54) is 101 Å². The van der Waals surface area contributed by atoms with Crippen molar-refractivity contribution in [2.45, 2.75) is 140 Å². The van der Waals surface area contributed by atoms with E-state index in [2.05, 4.69) is 27.8 Å². The van der Waals surface area contributed by atoms with Crippen molar-refractivity contribution in [1.82, 2.24) is 19.5 Å². The molecule has 0 spiro atoms. The maximum atomic E-state index is 13.9. The smallest absolute Gasteiger partial charge is 0.312 e. The number of unbranched alkanes of at least 4 members (excludes halogenated alkanes) is 16. The number of carbonyl (C=O) groups is 1. The van der Waals surface area contributed by atoms with Crippen molar-refractivity contribution in [3.05, 3.63) is 12.4 Å². The van der Waals surface area contributed by atoms with Gasteiger partial charge in [0, 0.05) is 6.42 Å². The van der Waals surface area contributed by atoms with Crippen LogP contribution in [0.4, 0.5) is 10.2 Å². The Bertz CT molecular complexity index is 1140. The molecule has 0 aromatic carbocycles. The summed E-state index contributed by atoms with van der Waals surface area (Å²) < 4.78 is 27.0. The normalized spacial score (nSPS) is 20.2. The molecule has 0 amide bonds. The number of hydrogen-bond donors (Lipinski definition) is 2. The van der Waals surface area contributed by atoms with Gasteiger partial charge in [-0.25, -0.2) is 4.98 Å². The molecule has 3 atom stereocenters. The van der Waals surface area contributed by atoms with Gasteiger partial charge in [-0.1, -0.05) is 116 Å². The van der Waals surface area contributed by atoms with E-state index in [0.29, 0.717) is 6.42 Å². The Balaban J connectivity index is 1.32. The molecule has 2 aromatic rings. The van der Waals surface area contributed by atoms with Crippen molar-refractivity contribution < 1.29 is 23.8 Å². The summed E-state index contributed by atoms with van der Waals surface area (Å²) >= 11 is 0. The van der Waals surface area contributed by atoms with Gasteiger partial charge in [-0.05, 0) is 6.42 Å². The first-order chi connectivity index (χ1) is 20.5. The number of fused-ring (bicyclic) bond motifs is 1. The van der Waals surface area contributed by atoms with Crippen LogP contribution in [0.25, 0.3) is 11.2 Å². The molecule has 3 N–H and O–H groups in total. The molecule has 0 radical (unpaired) electrons. The van der Waals surface area contributed by atoms with Gasteiger partial charge in [-0.2, -0.15) is 14.4 Å². The lowest BCUT2D eigenvalue weighted by atomic mass is 9.95. The van der Waals surface area contributed by atoms with Gasteiger partial charge in [0.1, 0.15) is 11.6 Å². The summed E-state index contributed by atoms with van der Waals surface area (Å²) in [5, 5.41) is 10.1. The molecule has 1 saturated heterocycles. The summed E-state index contributed by atoms with van der Waals surface area (Å²) in [6, 6.07) is -0.675. The average molecular weight is 588 g/mol. The first-order valence-electron chi connectivity index (χ1n) is 16.0. The van der Waals surface area contributed by atoms with Gasteiger partial charge in [0.25, 0.3) is 0 Å². The molecule has 0 saturated carbocycles. The molecule has 234 valence electrons. The Morgan fingerprint density at radius 2 is 1.60 bits per heavy atom. The number of anilines is 1. The maximum absolute atomic E-state index is 13.9. The summed E-state index contributed by atoms with van der Waals surface area (Å²) in [5.74, 6) is 1.93. The molecule has 0 aliphatic carbocycles. The molecule has 10 heteroatoms. The van der Waals surface area contributed by atoms with Crippen LogP contribution in [-0.2, 0) is 14.3 Å². The van der Waals surface area contributed by atoms with E-state index in [9.17, 15) is 14.3 Å². The number of terminal acetylenes is 1. The van der Waals surface area contributed by atoms with Crippen molar-refractivity contribution in [2.24, 2.45) is 0 Å². The minimum Gasteiger partial charge on any atom is -0.456 e. The number of esters is 1. The van der Waals surface area contributed by atoms with Crippen LogP contribution >= 0.6 is 0 Å². The lowest BCUT2D eigenvalue weighted by molar-refractivity contribution is -0.158. The number of nitrogens with two attached hydrogens (primary N) is 1. The average Bonchev–Trinajstić information content (AvgIpc) is 3.56. The highest BCUT2D eigenvalue weighted by Crippen LogP contribution is 2.37. The predicted octanol–water partition coefficient (Wildman–Crippen LogP) is 6.44. The van der Waals surface area contributed by atoms with Crippen LogP contribution in [0.5, 0.6) is 0 Å². The third-order valence-electron chi connectivity index (χ3n) is 8.32. The van der Waals surface area contributed by atoms with E-state index in [1.807, 2.05) is 0 Å². The van der Waals surface area contributed by atoms with Gasteiger partial charge in [0.05, 0.1) is 19.5 Å². The zero-order valence-electron chi connectivity index (χ0n) is 25.4. The summed E-state index contributed by atoms with van der Waals surface area (Å²) in [4.78, 5) is 24.3. The molecule has 1 aliphatic heterocycles. The van der Waals surface area contributed by atoms with E-state index in [0.717, 1.165) is 12.8 Å². The van der Waals surface area contributed by atoms with Crippen molar-refractivity contribution in [3.8, 4) is 12.3 Å². The van der Waals surface area contributed by atoms with Crippen LogP contribution in [0.15, 0.2) is 6.33 Å². The highest BCUT2D eigenvalue weighted by Gasteiger charge is 2.53. The first-order valence-corrected chi connectivity index (χ1v) is 16.0. The van der Waals surface area contributed by atoms with E-state index >= 15 is 0 Å². The van der Waals surface area contributed by atoms with E-state index in [4.69, 9.17) is 21.6 Å². The minimum absolute atomic E-state index is 0.0127. The molecule has 1 fully saturated rings. The molecule has 1 unspecified atom stereocenters. The number of imidazole rings is 1. The fraction of sp³-hybridized carbons (Fsp3) is 0.750. The first kappa shape index (κ1) is 33.7. The molecule has 3 heterocycles. The van der Waals surface area contributed by atoms with Crippen LogP contribution in [0.2, 0.25) is 0 Å². The molecule has 9 nitrogen and oxygen atoms in total. The molecule has 0 bridgehead atoms. The van der Waals surface area contributed by atoms with Gasteiger partial charge in [0.15, 0.2) is 23.2 Å². The number of nitrogens with zero attached hydrogens (tertiary/aromatic N) is 4. The van der Waals surface area contributed by atoms with Gasteiger partial charge in [0.2, 0.25) is 0 Å². The number of ether oxygens (including phenoxy) is 2. The van der Waals surface area contributed by atoms with Crippen LogP contribution in [0.1, 0.15) is 129 Å². The molecule has 1 aliphatic rings. The highest BCUT2D eigenvalue weighted by molar-refractivity contribution is 5.81. The van der Waals surface area contributed by atoms with Crippen molar-refractivity contribution in [2.75, 3.05) is 18.9 Å². The van der Waals surface area contributed by atoms with Gasteiger partial charge >= 0.3 is 12.0 Å². The van der Waals surface area contributed by atoms with Gasteiger partial charge < -0.3 is 24.9 Å². The second-order valence-corrected chi connectivity index (χ2v) is 11.6. The number of rotatable bonds is 21. The monoisotopic (exact) mass is 587 g/mol. The molecule has 42 heavy (non-hydrogen) atoms. The molecular formula is C32H50FN5O4. The third kappa shape index (κ3) is 9.63. The van der Waals surface area contributed by atoms with E-state index in [-0.39, 0.29) is 30.0 Å². The molecule has 3 rings (SSSR count). The van der Waals surface area contributed by atoms with Crippen LogP contribution in [0, 0.1) is 18.4 Å². The van der Waals surface area contributed by atoms with E-state index < -0.39 is 36.4 Å². The number of nitrogen functional groups attached to an aromatic ring is 1. The number of aliphatic hydroxyl groups is 1. The maximum Gasteiger partial charge on any atom is 0.312 e. The predicted molar refractivity (Wildman–Crippen MR) is 162 cm³/mol. The Morgan fingerprint density at radius 1 is 1.05 bits per heavy atom. The Hall–Kier alpha value is -2.77. The topological polar surface area (TPSA) is 125 Å². The summed E-state index contributed by atoms with van der Waals surface area (Å²) in [6.45, 7) is 1.73. The zero-order valence-corrected chi connectivity index (χ0v) is 25.4. The highest BCUT2D eigenvalue weighted by atomic mass is 19.1. The number of aliphatic hydroxyl groups excluding tert-OH is 1. The summed E-state index contributed by atoms with van der Waals surface area (Å²) in [6.07, 6.45) is 26.8. The fourth-order valence-electron chi connectivity index (χ4n) is 5.77. The van der Waals surface area contributed by atoms with Gasteiger partial charge in [-0.15, -0.1) is 6.42 Å². The van der Waals surface area contributed by atoms with Crippen molar-refractivity contribution in [3.63, 3.8) is 0 Å². The second kappa shape index (κ2) is 18.0. The lowest BCUT2D eigenvalue weighted by Gasteiger charge is -2.29. The van der Waals surface area contributed by atoms with Crippen LogP contribution < -0.4 is 5.73 Å². The number of halogens is 1. The summed E-state index contributed by atoms with van der Waals surface area (Å²) in [7, 11) is 0. The Labute approximate surface area is 250 Å². The minimum atomic E-state index is -1.53. The fourth-order valence-corrected chi connectivity index (χ4v) is 5.77. The quantitative estimate of drug-likeness (QED) is 0.0740. The van der Waals surface area contributed by atoms with Gasteiger partial charge in [-0.3, -0.25) is 4.79 Å². The second-order valence-electron chi connectivity index (χ2n) is 11.6. The van der Waals surface area contributed by atoms with Crippen molar-refractivity contribution in [1.29, 1.82) is 0 Å². The van der Waals surface area contributed by atoms with Crippen LogP contribution in [0.3, 0.4) is 0 Å². The Morgan fingerprint density at radius 3 is 2.12 bits per heavy atom. The SMILES string of the molecule is C#C[C@]1(CO)OCC(n2cnc3c(N)nc(F)nc32)[C@@H]1OC(=O)CCCCCCCCCCCCCCCCCCC. The van der Waals surface area contributed by atoms with Crippen LogP contribution in [-0.4, -0.2) is 55.5 Å². The zero-order chi connectivity index (χ0) is 30.2.